The van der Waals surface area contributed by atoms with Crippen LogP contribution in [0.2, 0.25) is 10.0 Å². The monoisotopic (exact) mass is 668 g/mol. The number of nitrogens with zero attached hydrogens (tertiary/aromatic N) is 2. The molecule has 0 radical (unpaired) electrons. The number of halogens is 2. The van der Waals surface area contributed by atoms with Gasteiger partial charge in [-0.25, -0.2) is 9.79 Å². The van der Waals surface area contributed by atoms with E-state index in [-0.39, 0.29) is 18.8 Å². The van der Waals surface area contributed by atoms with E-state index in [1.54, 1.807) is 54.5 Å². The molecule has 0 saturated carbocycles. The zero-order chi connectivity index (χ0) is 31.4. The number of carbonyl (C=O) groups excluding carboxylic acids is 1. The predicted molar refractivity (Wildman–Crippen MR) is 177 cm³/mol. The largest absolute Gasteiger partial charge is 0.490 e. The Hall–Kier alpha value is -3.50. The molecule has 0 unspecified atom stereocenters. The van der Waals surface area contributed by atoms with Gasteiger partial charge in [0.25, 0.3) is 5.56 Å². The summed E-state index contributed by atoms with van der Waals surface area (Å²) in [6, 6.07) is 17.9. The lowest BCUT2D eigenvalue weighted by Gasteiger charge is -2.24. The third-order valence-corrected chi connectivity index (χ3v) is 9.23. The molecule has 4 aromatic rings. The number of carbonyl (C=O) groups is 1. The number of thioether (sulfide) groups is 1. The first kappa shape index (κ1) is 31.9. The van der Waals surface area contributed by atoms with E-state index in [4.69, 9.17) is 37.4 Å². The Labute approximate surface area is 273 Å². The van der Waals surface area contributed by atoms with Crippen LogP contribution in [0.1, 0.15) is 43.5 Å². The Morgan fingerprint density at radius 3 is 2.48 bits per heavy atom. The maximum atomic E-state index is 14.0. The van der Waals surface area contributed by atoms with E-state index in [0.29, 0.717) is 48.8 Å². The second kappa shape index (κ2) is 14.1. The van der Waals surface area contributed by atoms with Crippen LogP contribution in [0, 0.1) is 0 Å². The van der Waals surface area contributed by atoms with Gasteiger partial charge in [0.15, 0.2) is 16.3 Å². The first-order valence-electron chi connectivity index (χ1n) is 13.9. The average molecular weight is 670 g/mol. The molecule has 2 heterocycles. The summed E-state index contributed by atoms with van der Waals surface area (Å²) in [5, 5.41) is 1.07. The lowest BCUT2D eigenvalue weighted by molar-refractivity contribution is -0.139. The van der Waals surface area contributed by atoms with Gasteiger partial charge in [0.2, 0.25) is 0 Å². The molecule has 1 aliphatic heterocycles. The number of ether oxygens (including phenoxy) is 3. The summed E-state index contributed by atoms with van der Waals surface area (Å²) in [6.45, 7) is 6.29. The Balaban J connectivity index is 1.54. The normalized spacial score (nSPS) is 14.7. The number of hydrogen-bond acceptors (Lipinski definition) is 8. The number of allylic oxidation sites excluding steroid dienone is 1. The molecule has 0 N–H and O–H groups in total. The van der Waals surface area contributed by atoms with E-state index in [0.717, 1.165) is 21.6 Å². The van der Waals surface area contributed by atoms with E-state index in [1.165, 1.54) is 11.3 Å². The minimum absolute atomic E-state index is 0.215. The second-order valence-electron chi connectivity index (χ2n) is 9.74. The molecule has 228 valence electrons. The Morgan fingerprint density at radius 1 is 1.02 bits per heavy atom. The summed E-state index contributed by atoms with van der Waals surface area (Å²) in [7, 11) is 0. The summed E-state index contributed by atoms with van der Waals surface area (Å²) >= 11 is 15.2. The maximum absolute atomic E-state index is 14.0. The fraction of sp³-hybridized carbons (Fsp3) is 0.242. The van der Waals surface area contributed by atoms with Gasteiger partial charge in [-0.05, 0) is 80.6 Å². The number of benzene rings is 3. The molecule has 5 rings (SSSR count). The Bertz CT molecular complexity index is 1920. The van der Waals surface area contributed by atoms with Crippen LogP contribution in [0.4, 0.5) is 0 Å². The standard InChI is InChI=1S/C33H30Cl2N2O5S2/c1-5-40-27-15-20(7-14-26(27)42-18-22-8-11-23(34)17-25(22)35)16-28-31(38)37-30(21-9-12-24(43-4)13-10-21)29(32(39)41-6-2)19(3)36-33(37)44-28/h7-17,30H,5-6,18H2,1-4H3/b28-16-/t30-/m0/s1. The number of hydrogen-bond donors (Lipinski definition) is 0. The molecule has 0 fully saturated rings. The molecule has 44 heavy (non-hydrogen) atoms. The van der Waals surface area contributed by atoms with Crippen LogP contribution in [-0.4, -0.2) is 30.0 Å². The second-order valence-corrected chi connectivity index (χ2v) is 12.5. The van der Waals surface area contributed by atoms with Gasteiger partial charge in [0.1, 0.15) is 6.61 Å². The van der Waals surface area contributed by atoms with Gasteiger partial charge < -0.3 is 14.2 Å². The highest BCUT2D eigenvalue weighted by Crippen LogP contribution is 2.33. The minimum Gasteiger partial charge on any atom is -0.490 e. The molecular formula is C33H30Cl2N2O5S2. The highest BCUT2D eigenvalue weighted by molar-refractivity contribution is 7.98. The molecule has 1 atom stereocenters. The van der Waals surface area contributed by atoms with Crippen LogP contribution in [0.3, 0.4) is 0 Å². The number of aromatic nitrogens is 1. The van der Waals surface area contributed by atoms with Gasteiger partial charge in [-0.3, -0.25) is 9.36 Å². The number of thiazole rings is 1. The van der Waals surface area contributed by atoms with E-state index in [1.807, 2.05) is 55.6 Å². The highest BCUT2D eigenvalue weighted by atomic mass is 35.5. The number of fused-ring (bicyclic) bond motifs is 1. The van der Waals surface area contributed by atoms with Crippen molar-refractivity contribution in [2.24, 2.45) is 4.99 Å². The van der Waals surface area contributed by atoms with Crippen molar-refractivity contribution in [3.8, 4) is 11.5 Å². The lowest BCUT2D eigenvalue weighted by atomic mass is 9.96. The summed E-state index contributed by atoms with van der Waals surface area (Å²) in [6.07, 6.45) is 3.79. The molecule has 11 heteroatoms. The van der Waals surface area contributed by atoms with Gasteiger partial charge in [-0.15, -0.1) is 11.8 Å². The molecule has 3 aromatic carbocycles. The topological polar surface area (TPSA) is 79.1 Å². The van der Waals surface area contributed by atoms with Crippen LogP contribution >= 0.6 is 46.3 Å². The Morgan fingerprint density at radius 2 is 1.80 bits per heavy atom. The van der Waals surface area contributed by atoms with Crippen molar-refractivity contribution in [2.75, 3.05) is 19.5 Å². The molecule has 1 aromatic heterocycles. The third-order valence-electron chi connectivity index (χ3n) is 6.91. The van der Waals surface area contributed by atoms with Crippen molar-refractivity contribution in [1.82, 2.24) is 4.57 Å². The molecule has 0 aliphatic carbocycles. The van der Waals surface area contributed by atoms with Crippen molar-refractivity contribution in [3.63, 3.8) is 0 Å². The predicted octanol–water partition coefficient (Wildman–Crippen LogP) is 6.80. The highest BCUT2D eigenvalue weighted by Gasteiger charge is 2.33. The first-order valence-corrected chi connectivity index (χ1v) is 16.7. The molecule has 0 amide bonds. The zero-order valence-electron chi connectivity index (χ0n) is 24.6. The lowest BCUT2D eigenvalue weighted by Crippen LogP contribution is -2.39. The fourth-order valence-corrected chi connectivity index (χ4v) is 6.76. The van der Waals surface area contributed by atoms with E-state index >= 15 is 0 Å². The maximum Gasteiger partial charge on any atom is 0.338 e. The van der Waals surface area contributed by atoms with Gasteiger partial charge >= 0.3 is 5.97 Å². The van der Waals surface area contributed by atoms with Gasteiger partial charge in [-0.1, -0.05) is 58.8 Å². The van der Waals surface area contributed by atoms with Crippen LogP contribution in [0.5, 0.6) is 11.5 Å². The van der Waals surface area contributed by atoms with Crippen LogP contribution in [-0.2, 0) is 16.1 Å². The van der Waals surface area contributed by atoms with Crippen molar-refractivity contribution >= 4 is 58.3 Å². The van der Waals surface area contributed by atoms with Crippen molar-refractivity contribution in [3.05, 3.63) is 118 Å². The van der Waals surface area contributed by atoms with Crippen molar-refractivity contribution in [1.29, 1.82) is 0 Å². The molecule has 0 spiro atoms. The number of esters is 1. The van der Waals surface area contributed by atoms with Crippen LogP contribution in [0.15, 0.2) is 86.6 Å². The summed E-state index contributed by atoms with van der Waals surface area (Å²) in [5.41, 5.74) is 2.96. The molecule has 7 nitrogen and oxygen atoms in total. The van der Waals surface area contributed by atoms with Gasteiger partial charge in [0.05, 0.1) is 35.1 Å². The molecule has 0 bridgehead atoms. The van der Waals surface area contributed by atoms with Crippen LogP contribution in [0.25, 0.3) is 6.08 Å². The number of rotatable bonds is 10. The summed E-state index contributed by atoms with van der Waals surface area (Å²) in [5.74, 6) is 0.588. The van der Waals surface area contributed by atoms with Gasteiger partial charge in [-0.2, -0.15) is 0 Å². The van der Waals surface area contributed by atoms with Crippen molar-refractivity contribution in [2.45, 2.75) is 38.3 Å². The average Bonchev–Trinajstić information content (AvgIpc) is 3.30. The molecule has 0 saturated heterocycles. The summed E-state index contributed by atoms with van der Waals surface area (Å²) in [4.78, 5) is 33.4. The zero-order valence-corrected chi connectivity index (χ0v) is 27.7. The SMILES string of the molecule is CCOC(=O)C1=C(C)N=c2s/c(=C\c3ccc(OCc4ccc(Cl)cc4Cl)c(OCC)c3)c(=O)n2[C@H]1c1ccc(SC)cc1. The fourth-order valence-electron chi connectivity index (χ4n) is 4.84. The van der Waals surface area contributed by atoms with Crippen LogP contribution < -0.4 is 24.4 Å². The molecule has 1 aliphatic rings. The quantitative estimate of drug-likeness (QED) is 0.137. The smallest absolute Gasteiger partial charge is 0.338 e. The minimum atomic E-state index is -0.669. The van der Waals surface area contributed by atoms with Gasteiger partial charge in [0, 0.05) is 20.5 Å². The van der Waals surface area contributed by atoms with Crippen molar-refractivity contribution < 1.29 is 19.0 Å². The third kappa shape index (κ3) is 6.76. The Kier molecular flexibility index (Phi) is 10.2. The van der Waals surface area contributed by atoms with E-state index in [2.05, 4.69) is 4.99 Å². The summed E-state index contributed by atoms with van der Waals surface area (Å²) < 4.78 is 19.4. The van der Waals surface area contributed by atoms with E-state index < -0.39 is 12.0 Å². The first-order chi connectivity index (χ1) is 21.2. The molecular weight excluding hydrogens is 639 g/mol. The van der Waals surface area contributed by atoms with E-state index in [9.17, 15) is 9.59 Å².